The molecule has 19 heavy (non-hydrogen) atoms. The Morgan fingerprint density at radius 2 is 2.05 bits per heavy atom. The predicted molar refractivity (Wildman–Crippen MR) is 79.7 cm³/mol. The summed E-state index contributed by atoms with van der Waals surface area (Å²) in [6.07, 6.45) is 1.75. The summed E-state index contributed by atoms with van der Waals surface area (Å²) >= 11 is 1.62. The number of thioether (sulfide) groups is 1. The third-order valence-electron chi connectivity index (χ3n) is 2.89. The molecule has 0 radical (unpaired) electrons. The summed E-state index contributed by atoms with van der Waals surface area (Å²) in [7, 11) is 0. The van der Waals surface area contributed by atoms with Crippen LogP contribution in [0.4, 0.5) is 0 Å². The molecule has 1 aromatic carbocycles. The Hall–Kier alpha value is -1.55. The first-order valence-electron chi connectivity index (χ1n) is 6.48. The average Bonchev–Trinajstić information content (AvgIpc) is 2.39. The van der Waals surface area contributed by atoms with Gasteiger partial charge in [-0.05, 0) is 12.0 Å². The van der Waals surface area contributed by atoms with Crippen molar-refractivity contribution in [3.63, 3.8) is 0 Å². The molecule has 0 aliphatic carbocycles. The van der Waals surface area contributed by atoms with Gasteiger partial charge in [-0.3, -0.25) is 4.79 Å². The largest absolute Gasteiger partial charge is 0.301 e. The lowest BCUT2D eigenvalue weighted by atomic mass is 10.1. The van der Waals surface area contributed by atoms with Gasteiger partial charge in [0.05, 0.1) is 5.69 Å². The highest BCUT2D eigenvalue weighted by atomic mass is 32.2. The number of H-pyrrole nitrogens is 1. The third kappa shape index (κ3) is 4.24. The van der Waals surface area contributed by atoms with Gasteiger partial charge in [-0.25, -0.2) is 4.98 Å². The van der Waals surface area contributed by atoms with Gasteiger partial charge in [0.2, 0.25) is 0 Å². The van der Waals surface area contributed by atoms with Crippen LogP contribution in [0, 0.1) is 0 Å². The Bertz CT molecular complexity index is 580. The highest BCUT2D eigenvalue weighted by Crippen LogP contribution is 2.20. The Morgan fingerprint density at radius 3 is 2.74 bits per heavy atom. The molecule has 3 nitrogen and oxygen atoms in total. The molecule has 0 amide bonds. The molecule has 1 N–H and O–H groups in total. The molecule has 2 aromatic rings. The molecular weight excluding hydrogens is 256 g/mol. The van der Waals surface area contributed by atoms with Crippen LogP contribution >= 0.6 is 11.8 Å². The normalized spacial score (nSPS) is 12.3. The maximum absolute atomic E-state index is 11.7. The van der Waals surface area contributed by atoms with E-state index in [1.165, 1.54) is 5.56 Å². The van der Waals surface area contributed by atoms with Crippen LogP contribution in [0.1, 0.15) is 31.5 Å². The summed E-state index contributed by atoms with van der Waals surface area (Å²) in [4.78, 5) is 19.0. The zero-order chi connectivity index (χ0) is 13.7. The number of rotatable bonds is 5. The smallest absolute Gasteiger partial charge is 0.251 e. The zero-order valence-electron chi connectivity index (χ0n) is 11.2. The number of nitrogens with one attached hydrogen (secondary N) is 1. The molecular formula is C15H18N2OS. The zero-order valence-corrected chi connectivity index (χ0v) is 12.0. The van der Waals surface area contributed by atoms with E-state index in [0.29, 0.717) is 16.8 Å². The molecule has 2 rings (SSSR count). The second-order valence-corrected chi connectivity index (χ2v) is 5.97. The number of nitrogens with zero attached hydrogens (tertiary/aromatic N) is 1. The van der Waals surface area contributed by atoms with E-state index in [9.17, 15) is 4.79 Å². The van der Waals surface area contributed by atoms with Crippen LogP contribution in [0.2, 0.25) is 0 Å². The molecule has 1 heterocycles. The SMILES string of the molecule is CC[C@@H](C)Sc1nc(Cc2ccccc2)cc(=O)[nH]1. The molecule has 4 heteroatoms. The van der Waals surface area contributed by atoms with E-state index in [-0.39, 0.29) is 5.56 Å². The van der Waals surface area contributed by atoms with E-state index in [1.807, 2.05) is 30.3 Å². The first kappa shape index (κ1) is 13.9. The lowest BCUT2D eigenvalue weighted by Gasteiger charge is -2.08. The minimum atomic E-state index is -0.0771. The van der Waals surface area contributed by atoms with Gasteiger partial charge in [0.15, 0.2) is 5.16 Å². The lowest BCUT2D eigenvalue weighted by Crippen LogP contribution is -2.11. The summed E-state index contributed by atoms with van der Waals surface area (Å²) < 4.78 is 0. The number of hydrogen-bond acceptors (Lipinski definition) is 3. The Kier molecular flexibility index (Phi) is 4.80. The second kappa shape index (κ2) is 6.57. The van der Waals surface area contributed by atoms with Crippen molar-refractivity contribution in [1.82, 2.24) is 9.97 Å². The van der Waals surface area contributed by atoms with Crippen LogP contribution in [0.5, 0.6) is 0 Å². The van der Waals surface area contributed by atoms with Crippen molar-refractivity contribution in [3.05, 3.63) is 58.0 Å². The van der Waals surface area contributed by atoms with E-state index < -0.39 is 0 Å². The Balaban J connectivity index is 2.19. The first-order valence-corrected chi connectivity index (χ1v) is 7.36. The van der Waals surface area contributed by atoms with E-state index in [4.69, 9.17) is 0 Å². The number of benzene rings is 1. The molecule has 0 aliphatic rings. The van der Waals surface area contributed by atoms with Crippen LogP contribution in [0.15, 0.2) is 46.3 Å². The molecule has 100 valence electrons. The van der Waals surface area contributed by atoms with Crippen molar-refractivity contribution >= 4 is 11.8 Å². The Morgan fingerprint density at radius 1 is 1.32 bits per heavy atom. The summed E-state index contributed by atoms with van der Waals surface area (Å²) in [5.74, 6) is 0. The summed E-state index contributed by atoms with van der Waals surface area (Å²) in [5.41, 5.74) is 1.91. The van der Waals surface area contributed by atoms with E-state index in [1.54, 1.807) is 17.8 Å². The highest BCUT2D eigenvalue weighted by molar-refractivity contribution is 7.99. The van der Waals surface area contributed by atoms with Crippen LogP contribution in [0.3, 0.4) is 0 Å². The van der Waals surface area contributed by atoms with Gasteiger partial charge >= 0.3 is 0 Å². The van der Waals surface area contributed by atoms with Crippen molar-refractivity contribution < 1.29 is 0 Å². The molecule has 1 atom stereocenters. The van der Waals surface area contributed by atoms with Gasteiger partial charge in [-0.15, -0.1) is 0 Å². The molecule has 0 spiro atoms. The number of hydrogen-bond donors (Lipinski definition) is 1. The average molecular weight is 274 g/mol. The highest BCUT2D eigenvalue weighted by Gasteiger charge is 2.07. The van der Waals surface area contributed by atoms with Gasteiger partial charge in [0.1, 0.15) is 0 Å². The van der Waals surface area contributed by atoms with E-state index in [2.05, 4.69) is 23.8 Å². The van der Waals surface area contributed by atoms with Crippen molar-refractivity contribution in [2.24, 2.45) is 0 Å². The molecule has 0 aliphatic heterocycles. The minimum absolute atomic E-state index is 0.0771. The Labute approximate surface area is 117 Å². The van der Waals surface area contributed by atoms with Crippen LogP contribution < -0.4 is 5.56 Å². The van der Waals surface area contributed by atoms with Gasteiger partial charge in [0.25, 0.3) is 5.56 Å². The minimum Gasteiger partial charge on any atom is -0.301 e. The second-order valence-electron chi connectivity index (χ2n) is 4.54. The van der Waals surface area contributed by atoms with Crippen LogP contribution in [-0.4, -0.2) is 15.2 Å². The van der Waals surface area contributed by atoms with E-state index in [0.717, 1.165) is 12.1 Å². The molecule has 0 bridgehead atoms. The fourth-order valence-corrected chi connectivity index (χ4v) is 2.59. The molecule has 0 saturated heterocycles. The maximum atomic E-state index is 11.7. The third-order valence-corrected chi connectivity index (χ3v) is 4.04. The molecule has 0 fully saturated rings. The lowest BCUT2D eigenvalue weighted by molar-refractivity contribution is 0.853. The maximum Gasteiger partial charge on any atom is 0.251 e. The van der Waals surface area contributed by atoms with E-state index >= 15 is 0 Å². The number of aromatic nitrogens is 2. The fraction of sp³-hybridized carbons (Fsp3) is 0.333. The fourth-order valence-electron chi connectivity index (χ4n) is 1.71. The van der Waals surface area contributed by atoms with Gasteiger partial charge < -0.3 is 4.98 Å². The summed E-state index contributed by atoms with van der Waals surface area (Å²) in [6, 6.07) is 11.6. The quantitative estimate of drug-likeness (QED) is 0.672. The first-order chi connectivity index (χ1) is 9.17. The van der Waals surface area contributed by atoms with Crippen LogP contribution in [-0.2, 0) is 6.42 Å². The van der Waals surface area contributed by atoms with Crippen LogP contribution in [0.25, 0.3) is 0 Å². The van der Waals surface area contributed by atoms with Crippen molar-refractivity contribution in [2.45, 2.75) is 37.1 Å². The standard InChI is InChI=1S/C15H18N2OS/c1-3-11(2)19-15-16-13(10-14(18)17-15)9-12-7-5-4-6-8-12/h4-8,10-11H,3,9H2,1-2H3,(H,16,17,18)/t11-/m1/s1. The van der Waals surface area contributed by atoms with Crippen molar-refractivity contribution in [3.8, 4) is 0 Å². The number of aromatic amines is 1. The molecule has 0 saturated carbocycles. The summed E-state index contributed by atoms with van der Waals surface area (Å²) in [6.45, 7) is 4.26. The van der Waals surface area contributed by atoms with Crippen molar-refractivity contribution in [1.29, 1.82) is 0 Å². The monoisotopic (exact) mass is 274 g/mol. The molecule has 1 aromatic heterocycles. The van der Waals surface area contributed by atoms with Crippen molar-refractivity contribution in [2.75, 3.05) is 0 Å². The summed E-state index contributed by atoms with van der Waals surface area (Å²) in [5, 5.41) is 1.17. The van der Waals surface area contributed by atoms with Gasteiger partial charge in [-0.2, -0.15) is 0 Å². The molecule has 0 unspecified atom stereocenters. The van der Waals surface area contributed by atoms with Gasteiger partial charge in [-0.1, -0.05) is 55.9 Å². The topological polar surface area (TPSA) is 45.8 Å². The van der Waals surface area contributed by atoms with Gasteiger partial charge in [0, 0.05) is 17.7 Å². The predicted octanol–water partition coefficient (Wildman–Crippen LogP) is 3.25.